The topological polar surface area (TPSA) is 116 Å². The van der Waals surface area contributed by atoms with Crippen LogP contribution in [0.4, 0.5) is 5.82 Å². The van der Waals surface area contributed by atoms with Gasteiger partial charge in [0.05, 0.1) is 17.5 Å². The maximum Gasteiger partial charge on any atom is 0.336 e. The molecule has 3 aromatic carbocycles. The zero-order valence-corrected chi connectivity index (χ0v) is 17.4. The summed E-state index contributed by atoms with van der Waals surface area (Å²) in [6, 6.07) is 23.8. The van der Waals surface area contributed by atoms with Crippen LogP contribution in [0.1, 0.15) is 15.9 Å². The first kappa shape index (κ1) is 20.2. The number of carboxylic acids is 1. The molecule has 0 radical (unpaired) electrons. The van der Waals surface area contributed by atoms with Crippen molar-refractivity contribution in [3.8, 4) is 22.8 Å². The number of para-hydroxylation sites is 1. The molecule has 3 N–H and O–H groups in total. The zero-order valence-electron chi connectivity index (χ0n) is 17.4. The second-order valence-electron chi connectivity index (χ2n) is 7.37. The third-order valence-electron chi connectivity index (χ3n) is 5.23. The maximum atomic E-state index is 11.6. The quantitative estimate of drug-likeness (QED) is 0.398. The average molecular weight is 437 g/mol. The Morgan fingerprint density at radius 2 is 1.61 bits per heavy atom. The van der Waals surface area contributed by atoms with E-state index in [1.54, 1.807) is 28.9 Å². The van der Waals surface area contributed by atoms with Crippen molar-refractivity contribution in [1.29, 1.82) is 0 Å². The third-order valence-corrected chi connectivity index (χ3v) is 5.23. The number of rotatable bonds is 6. The molecule has 8 heteroatoms. The number of nitrogens with zero attached hydrogens (tertiary/aromatic N) is 4. The number of hydrogen-bond donors (Lipinski definition) is 2. The van der Waals surface area contributed by atoms with E-state index in [9.17, 15) is 9.90 Å². The van der Waals surface area contributed by atoms with Crippen LogP contribution in [-0.2, 0) is 6.54 Å². The lowest BCUT2D eigenvalue weighted by Gasteiger charge is -2.07. The maximum absolute atomic E-state index is 11.6. The van der Waals surface area contributed by atoms with Gasteiger partial charge in [0.15, 0.2) is 5.65 Å². The molecule has 0 saturated carbocycles. The van der Waals surface area contributed by atoms with Crippen molar-refractivity contribution in [3.05, 3.63) is 96.3 Å². The van der Waals surface area contributed by atoms with Crippen LogP contribution in [0.2, 0.25) is 0 Å². The van der Waals surface area contributed by atoms with Gasteiger partial charge in [-0.05, 0) is 48.0 Å². The molecule has 0 saturated heterocycles. The highest BCUT2D eigenvalue weighted by Crippen LogP contribution is 2.32. The third kappa shape index (κ3) is 3.97. The molecule has 0 amide bonds. The summed E-state index contributed by atoms with van der Waals surface area (Å²) >= 11 is 0. The molecular formula is C25H19N5O3. The minimum Gasteiger partial charge on any atom is -0.478 e. The normalized spacial score (nSPS) is 10.9. The van der Waals surface area contributed by atoms with Gasteiger partial charge >= 0.3 is 5.97 Å². The van der Waals surface area contributed by atoms with Crippen LogP contribution in [0.15, 0.2) is 85.2 Å². The van der Waals surface area contributed by atoms with Gasteiger partial charge in [0.25, 0.3) is 0 Å². The number of benzene rings is 3. The van der Waals surface area contributed by atoms with Gasteiger partial charge < -0.3 is 15.6 Å². The second-order valence-corrected chi connectivity index (χ2v) is 7.37. The van der Waals surface area contributed by atoms with Crippen molar-refractivity contribution in [2.45, 2.75) is 6.54 Å². The van der Waals surface area contributed by atoms with Crippen LogP contribution in [0.25, 0.3) is 22.3 Å². The molecule has 0 spiro atoms. The van der Waals surface area contributed by atoms with Crippen molar-refractivity contribution in [2.24, 2.45) is 0 Å². The van der Waals surface area contributed by atoms with Gasteiger partial charge in [0.2, 0.25) is 0 Å². The van der Waals surface area contributed by atoms with Gasteiger partial charge in [0, 0.05) is 5.56 Å². The number of aromatic carboxylic acids is 1. The first-order valence-electron chi connectivity index (χ1n) is 10.2. The molecule has 5 aromatic rings. The van der Waals surface area contributed by atoms with Gasteiger partial charge in [-0.3, -0.25) is 0 Å². The van der Waals surface area contributed by atoms with Crippen LogP contribution in [0.5, 0.6) is 11.5 Å². The van der Waals surface area contributed by atoms with Gasteiger partial charge in [0.1, 0.15) is 29.3 Å². The fraction of sp³-hybridized carbons (Fsp3) is 0.0400. The summed E-state index contributed by atoms with van der Waals surface area (Å²) in [7, 11) is 0. The first-order valence-corrected chi connectivity index (χ1v) is 10.2. The van der Waals surface area contributed by atoms with E-state index < -0.39 is 5.97 Å². The Labute approximate surface area is 188 Å². The lowest BCUT2D eigenvalue weighted by Crippen LogP contribution is -2.08. The molecule has 0 fully saturated rings. The average Bonchev–Trinajstić information content (AvgIpc) is 3.20. The van der Waals surface area contributed by atoms with Gasteiger partial charge in [-0.25, -0.2) is 19.4 Å². The Bertz CT molecular complexity index is 1450. The summed E-state index contributed by atoms with van der Waals surface area (Å²) in [4.78, 5) is 20.1. The van der Waals surface area contributed by atoms with Crippen LogP contribution < -0.4 is 10.5 Å². The summed E-state index contributed by atoms with van der Waals surface area (Å²) in [5.74, 6) is 0.742. The molecule has 0 aliphatic heterocycles. The summed E-state index contributed by atoms with van der Waals surface area (Å²) in [5, 5.41) is 14.9. The molecule has 8 nitrogen and oxygen atoms in total. The lowest BCUT2D eigenvalue weighted by atomic mass is 10.1. The molecule has 0 aliphatic carbocycles. The number of anilines is 1. The highest BCUT2D eigenvalue weighted by Gasteiger charge is 2.19. The van der Waals surface area contributed by atoms with E-state index >= 15 is 0 Å². The van der Waals surface area contributed by atoms with Crippen LogP contribution in [-0.4, -0.2) is 30.8 Å². The molecule has 2 aromatic heterocycles. The standard InChI is InChI=1S/C25H19N5O3/c26-23-21-22(16-10-12-19(13-11-16)33-18-7-2-1-3-8-18)29-30(24(21)28-15-27-23)14-17-6-4-5-9-20(17)25(31)32/h1-13,15H,14H2,(H,31,32)(H2,26,27,28). The summed E-state index contributed by atoms with van der Waals surface area (Å²) in [6.45, 7) is 0.227. The molecule has 0 unspecified atom stereocenters. The van der Waals surface area contributed by atoms with Crippen LogP contribution in [0, 0.1) is 0 Å². The first-order chi connectivity index (χ1) is 16.1. The van der Waals surface area contributed by atoms with Gasteiger partial charge in [-0.2, -0.15) is 5.10 Å². The number of ether oxygens (including phenoxy) is 1. The Morgan fingerprint density at radius 1 is 0.909 bits per heavy atom. The largest absolute Gasteiger partial charge is 0.478 e. The Hall–Kier alpha value is -4.72. The minimum absolute atomic E-state index is 0.215. The molecular weight excluding hydrogens is 418 g/mol. The predicted molar refractivity (Wildman–Crippen MR) is 124 cm³/mol. The molecule has 0 bridgehead atoms. The second kappa shape index (κ2) is 8.43. The number of aromatic nitrogens is 4. The fourth-order valence-corrected chi connectivity index (χ4v) is 3.68. The van der Waals surface area contributed by atoms with Crippen LogP contribution >= 0.6 is 0 Å². The van der Waals surface area contributed by atoms with Crippen molar-refractivity contribution < 1.29 is 14.6 Å². The van der Waals surface area contributed by atoms with Crippen LogP contribution in [0.3, 0.4) is 0 Å². The summed E-state index contributed by atoms with van der Waals surface area (Å²) in [5.41, 5.74) is 8.97. The minimum atomic E-state index is -0.995. The fourth-order valence-electron chi connectivity index (χ4n) is 3.68. The van der Waals surface area contributed by atoms with Gasteiger partial charge in [-0.15, -0.1) is 0 Å². The van der Waals surface area contributed by atoms with E-state index in [2.05, 4.69) is 9.97 Å². The highest BCUT2D eigenvalue weighted by molar-refractivity contribution is 5.98. The van der Waals surface area contributed by atoms with E-state index in [-0.39, 0.29) is 12.1 Å². The van der Waals surface area contributed by atoms with E-state index in [1.165, 1.54) is 6.33 Å². The van der Waals surface area contributed by atoms with E-state index in [1.807, 2.05) is 54.6 Å². The number of nitrogens with two attached hydrogens (primary N) is 1. The Morgan fingerprint density at radius 3 is 2.36 bits per heavy atom. The molecule has 0 aliphatic rings. The molecule has 5 rings (SSSR count). The molecule has 2 heterocycles. The number of nitrogen functional groups attached to an aromatic ring is 1. The lowest BCUT2D eigenvalue weighted by molar-refractivity contribution is 0.0695. The Balaban J connectivity index is 1.54. The Kier molecular flexibility index (Phi) is 5.16. The van der Waals surface area contributed by atoms with Crippen molar-refractivity contribution in [1.82, 2.24) is 19.7 Å². The van der Waals surface area contributed by atoms with Crippen molar-refractivity contribution in [2.75, 3.05) is 5.73 Å². The smallest absolute Gasteiger partial charge is 0.336 e. The van der Waals surface area contributed by atoms with Crippen molar-refractivity contribution >= 4 is 22.8 Å². The summed E-state index contributed by atoms with van der Waals surface area (Å²) in [6.07, 6.45) is 1.37. The molecule has 33 heavy (non-hydrogen) atoms. The monoisotopic (exact) mass is 437 g/mol. The van der Waals surface area contributed by atoms with E-state index in [0.717, 1.165) is 11.3 Å². The van der Waals surface area contributed by atoms with Gasteiger partial charge in [-0.1, -0.05) is 36.4 Å². The SMILES string of the molecule is Nc1ncnc2c1c(-c1ccc(Oc3ccccc3)cc1)nn2Cc1ccccc1C(=O)O. The van der Waals surface area contributed by atoms with E-state index in [4.69, 9.17) is 15.6 Å². The summed E-state index contributed by atoms with van der Waals surface area (Å²) < 4.78 is 7.52. The zero-order chi connectivity index (χ0) is 22.8. The number of carbonyl (C=O) groups is 1. The number of fused-ring (bicyclic) bond motifs is 1. The highest BCUT2D eigenvalue weighted by atomic mass is 16.5. The number of carboxylic acid groups (broad SMARTS) is 1. The van der Waals surface area contributed by atoms with Crippen molar-refractivity contribution in [3.63, 3.8) is 0 Å². The molecule has 0 atom stereocenters. The number of hydrogen-bond acceptors (Lipinski definition) is 6. The van der Waals surface area contributed by atoms with E-state index in [0.29, 0.717) is 33.9 Å². The predicted octanol–water partition coefficient (Wildman–Crippen LogP) is 4.61. The molecule has 162 valence electrons.